The molecule has 2 aromatic carbocycles. The van der Waals surface area contributed by atoms with Crippen LogP contribution in [0.25, 0.3) is 5.69 Å². The Balaban J connectivity index is 1.31. The molecule has 8 heteroatoms. The number of aromatic nitrogens is 2. The lowest BCUT2D eigenvalue weighted by Crippen LogP contribution is -2.14. The van der Waals surface area contributed by atoms with Crippen molar-refractivity contribution < 1.29 is 18.6 Å². The second-order valence-electron chi connectivity index (χ2n) is 9.03. The number of benzene rings is 2. The molecule has 37 heavy (non-hydrogen) atoms. The van der Waals surface area contributed by atoms with Gasteiger partial charge in [0.1, 0.15) is 41.4 Å². The zero-order valence-corrected chi connectivity index (χ0v) is 20.5. The lowest BCUT2D eigenvalue weighted by atomic mass is 9.92. The number of nitrogen functional groups attached to an aromatic ring is 1. The molecule has 0 unspecified atom stereocenters. The fourth-order valence-corrected chi connectivity index (χ4v) is 4.43. The summed E-state index contributed by atoms with van der Waals surface area (Å²) in [6.45, 7) is 3.56. The molecule has 5 rings (SSSR count). The van der Waals surface area contributed by atoms with E-state index in [1.807, 2.05) is 37.4 Å². The minimum absolute atomic E-state index is 0.266. The van der Waals surface area contributed by atoms with Gasteiger partial charge in [-0.05, 0) is 61.6 Å². The van der Waals surface area contributed by atoms with Crippen LogP contribution in [0.4, 0.5) is 10.1 Å². The maximum absolute atomic E-state index is 14.2. The second-order valence-corrected chi connectivity index (χ2v) is 9.03. The van der Waals surface area contributed by atoms with Crippen molar-refractivity contribution in [2.24, 2.45) is 0 Å². The van der Waals surface area contributed by atoms with Crippen LogP contribution >= 0.6 is 0 Å². The molecule has 1 aliphatic rings. The maximum atomic E-state index is 14.2. The van der Waals surface area contributed by atoms with Gasteiger partial charge in [0.25, 0.3) is 0 Å². The third-order valence-corrected chi connectivity index (χ3v) is 6.42. The van der Waals surface area contributed by atoms with Crippen LogP contribution < -0.4 is 15.2 Å². The molecule has 2 aromatic heterocycles. The van der Waals surface area contributed by atoms with Crippen LogP contribution in [0.2, 0.25) is 0 Å². The van der Waals surface area contributed by atoms with Crippen LogP contribution in [-0.4, -0.2) is 22.8 Å². The Bertz CT molecular complexity index is 1420. The van der Waals surface area contributed by atoms with Gasteiger partial charge in [0, 0.05) is 60.8 Å². The molecule has 0 atom stereocenters. The molecule has 0 saturated carbocycles. The predicted molar refractivity (Wildman–Crippen MR) is 137 cm³/mol. The number of pyridine rings is 1. The van der Waals surface area contributed by atoms with Gasteiger partial charge in [-0.25, -0.2) is 4.39 Å². The molecule has 0 amide bonds. The van der Waals surface area contributed by atoms with Crippen molar-refractivity contribution >= 4 is 5.69 Å². The summed E-state index contributed by atoms with van der Waals surface area (Å²) >= 11 is 0. The quantitative estimate of drug-likeness (QED) is 0.334. The number of ether oxygens (including phenoxy) is 3. The van der Waals surface area contributed by atoms with Gasteiger partial charge >= 0.3 is 0 Å². The van der Waals surface area contributed by atoms with Crippen molar-refractivity contribution in [1.82, 2.24) is 9.55 Å². The van der Waals surface area contributed by atoms with Gasteiger partial charge in [0.15, 0.2) is 0 Å². The average molecular weight is 499 g/mol. The van der Waals surface area contributed by atoms with Gasteiger partial charge in [-0.1, -0.05) is 6.07 Å². The summed E-state index contributed by atoms with van der Waals surface area (Å²) < 4.78 is 33.1. The van der Waals surface area contributed by atoms with Gasteiger partial charge in [-0.2, -0.15) is 5.26 Å². The van der Waals surface area contributed by atoms with Crippen LogP contribution in [-0.2, 0) is 11.3 Å². The lowest BCUT2D eigenvalue weighted by Gasteiger charge is -2.21. The molecule has 3 heterocycles. The van der Waals surface area contributed by atoms with E-state index in [2.05, 4.69) is 11.1 Å². The highest BCUT2D eigenvalue weighted by Crippen LogP contribution is 2.35. The molecule has 188 valence electrons. The Labute approximate surface area is 214 Å². The SMILES string of the molecule is Cc1ccc(COc2cc(F)cc(Oc3ccc(-n4cc(C5CCOCC5)c(N)c4C#N)cc3)c2)cn1. The lowest BCUT2D eigenvalue weighted by molar-refractivity contribution is 0.0855. The fraction of sp³-hybridized carbons (Fsp3) is 0.241. The summed E-state index contributed by atoms with van der Waals surface area (Å²) in [5, 5.41) is 9.75. The summed E-state index contributed by atoms with van der Waals surface area (Å²) in [7, 11) is 0. The van der Waals surface area contributed by atoms with Crippen molar-refractivity contribution in [2.75, 3.05) is 18.9 Å². The highest BCUT2D eigenvalue weighted by Gasteiger charge is 2.23. The first-order valence-electron chi connectivity index (χ1n) is 12.1. The Kier molecular flexibility index (Phi) is 7.06. The summed E-state index contributed by atoms with van der Waals surface area (Å²) in [6, 6.07) is 17.5. The smallest absolute Gasteiger partial charge is 0.148 e. The minimum atomic E-state index is -0.465. The summed E-state index contributed by atoms with van der Waals surface area (Å²) in [4.78, 5) is 4.24. The zero-order chi connectivity index (χ0) is 25.8. The molecule has 1 fully saturated rings. The number of nitrogens with two attached hydrogens (primary N) is 1. The number of hydrogen-bond acceptors (Lipinski definition) is 6. The van der Waals surface area contributed by atoms with Crippen molar-refractivity contribution in [1.29, 1.82) is 5.26 Å². The van der Waals surface area contributed by atoms with Gasteiger partial charge in [-0.15, -0.1) is 0 Å². The topological polar surface area (TPSA) is 95.3 Å². The molecular weight excluding hydrogens is 471 g/mol. The third-order valence-electron chi connectivity index (χ3n) is 6.42. The first-order valence-corrected chi connectivity index (χ1v) is 12.1. The van der Waals surface area contributed by atoms with E-state index in [4.69, 9.17) is 19.9 Å². The molecule has 7 nitrogen and oxygen atoms in total. The van der Waals surface area contributed by atoms with Crippen molar-refractivity contribution in [3.05, 3.63) is 95.3 Å². The molecule has 4 aromatic rings. The van der Waals surface area contributed by atoms with Crippen LogP contribution in [0.15, 0.2) is 67.0 Å². The minimum Gasteiger partial charge on any atom is -0.489 e. The number of nitriles is 1. The van der Waals surface area contributed by atoms with Crippen LogP contribution in [0, 0.1) is 24.1 Å². The van der Waals surface area contributed by atoms with Gasteiger partial charge < -0.3 is 24.5 Å². The zero-order valence-electron chi connectivity index (χ0n) is 20.5. The largest absolute Gasteiger partial charge is 0.489 e. The highest BCUT2D eigenvalue weighted by molar-refractivity contribution is 5.62. The normalized spacial score (nSPS) is 13.8. The van der Waals surface area contributed by atoms with E-state index in [9.17, 15) is 9.65 Å². The average Bonchev–Trinajstić information content (AvgIpc) is 3.25. The highest BCUT2D eigenvalue weighted by atomic mass is 19.1. The molecule has 2 N–H and O–H groups in total. The van der Waals surface area contributed by atoms with Crippen LogP contribution in [0.5, 0.6) is 17.2 Å². The van der Waals surface area contributed by atoms with Crippen LogP contribution in [0.3, 0.4) is 0 Å². The molecule has 1 saturated heterocycles. The van der Waals surface area contributed by atoms with Gasteiger partial charge in [0.05, 0.1) is 5.69 Å². The fourth-order valence-electron chi connectivity index (χ4n) is 4.43. The van der Waals surface area contributed by atoms with Crippen molar-refractivity contribution in [3.63, 3.8) is 0 Å². The van der Waals surface area contributed by atoms with Crippen LogP contribution in [0.1, 0.15) is 41.3 Å². The number of hydrogen-bond donors (Lipinski definition) is 1. The molecule has 0 radical (unpaired) electrons. The first-order chi connectivity index (χ1) is 18.0. The molecule has 0 bridgehead atoms. The van der Waals surface area contributed by atoms with Crippen molar-refractivity contribution in [3.8, 4) is 29.0 Å². The molecule has 1 aliphatic heterocycles. The molecule has 0 spiro atoms. The second kappa shape index (κ2) is 10.7. The van der Waals surface area contributed by atoms with E-state index < -0.39 is 5.82 Å². The Morgan fingerprint density at radius 1 is 1.08 bits per heavy atom. The van der Waals surface area contributed by atoms with E-state index in [1.54, 1.807) is 29.0 Å². The summed E-state index contributed by atoms with van der Waals surface area (Å²) in [5.41, 5.74) is 10.8. The first kappa shape index (κ1) is 24.3. The Morgan fingerprint density at radius 3 is 2.54 bits per heavy atom. The number of anilines is 1. The van der Waals surface area contributed by atoms with Gasteiger partial charge in [0.2, 0.25) is 0 Å². The monoisotopic (exact) mass is 498 g/mol. The standard InChI is InChI=1S/C29H27FN4O3/c1-19-2-3-20(16-33-19)18-36-25-12-22(30)13-26(14-25)37-24-6-4-23(5-7-24)34-17-27(29(32)28(34)15-31)21-8-10-35-11-9-21/h2-7,12-14,16-17,21H,8-11,18,32H2,1H3. The Hall–Kier alpha value is -4.35. The number of aryl methyl sites for hydroxylation is 1. The third kappa shape index (κ3) is 5.57. The maximum Gasteiger partial charge on any atom is 0.148 e. The number of rotatable bonds is 7. The van der Waals surface area contributed by atoms with E-state index >= 15 is 0 Å². The number of nitrogens with zero attached hydrogens (tertiary/aromatic N) is 3. The van der Waals surface area contributed by atoms with E-state index in [1.165, 1.54) is 12.1 Å². The van der Waals surface area contributed by atoms with Gasteiger partial charge in [-0.3, -0.25) is 4.98 Å². The van der Waals surface area contributed by atoms with E-state index in [-0.39, 0.29) is 12.5 Å². The molecular formula is C29H27FN4O3. The Morgan fingerprint density at radius 2 is 1.84 bits per heavy atom. The van der Waals surface area contributed by atoms with E-state index in [0.717, 1.165) is 35.3 Å². The summed E-state index contributed by atoms with van der Waals surface area (Å²) in [5.74, 6) is 1.000. The van der Waals surface area contributed by atoms with E-state index in [0.29, 0.717) is 41.8 Å². The summed E-state index contributed by atoms with van der Waals surface area (Å²) in [6.07, 6.45) is 5.44. The van der Waals surface area contributed by atoms with Crippen molar-refractivity contribution in [2.45, 2.75) is 32.3 Å². The number of halogens is 1. The predicted octanol–water partition coefficient (Wildman–Crippen LogP) is 6.04. The molecule has 0 aliphatic carbocycles.